The Morgan fingerprint density at radius 1 is 0.865 bits per heavy atom. The summed E-state index contributed by atoms with van der Waals surface area (Å²) in [6.07, 6.45) is 3.02. The molecule has 0 fully saturated rings. The van der Waals surface area contributed by atoms with E-state index in [9.17, 15) is 12.8 Å². The molecule has 0 aliphatic heterocycles. The number of halogens is 1. The summed E-state index contributed by atoms with van der Waals surface area (Å²) in [6.45, 7) is 6.20. The number of benzene rings is 3. The van der Waals surface area contributed by atoms with Crippen LogP contribution in [0.15, 0.2) is 53.4 Å². The Hall–Kier alpha value is -3.26. The normalized spacial score (nSPS) is 12.2. The van der Waals surface area contributed by atoms with Crippen LogP contribution in [0.2, 0.25) is 0 Å². The fraction of sp³-hybridized carbons (Fsp3) is 0.379. The summed E-state index contributed by atoms with van der Waals surface area (Å²) in [6, 6.07) is 12.5. The largest absolute Gasteiger partial charge is 0.493 e. The molecule has 6 nitrogen and oxygen atoms in total. The third-order valence-corrected chi connectivity index (χ3v) is 7.61. The maximum Gasteiger partial charge on any atom is 0.339 e. The van der Waals surface area contributed by atoms with Gasteiger partial charge in [0, 0.05) is 5.56 Å². The molecule has 0 saturated heterocycles. The second-order valence-electron chi connectivity index (χ2n) is 8.84. The van der Waals surface area contributed by atoms with Crippen LogP contribution >= 0.6 is 0 Å². The Morgan fingerprint density at radius 3 is 2.14 bits per heavy atom. The van der Waals surface area contributed by atoms with Crippen molar-refractivity contribution in [3.05, 3.63) is 76.6 Å². The molecule has 0 spiro atoms. The van der Waals surface area contributed by atoms with Gasteiger partial charge in [0.05, 0.1) is 21.3 Å². The Balaban J connectivity index is 2.04. The highest BCUT2D eigenvalue weighted by molar-refractivity contribution is 7.87. The highest BCUT2D eigenvalue weighted by Crippen LogP contribution is 2.40. The number of hydrogen-bond donors (Lipinski definition) is 0. The lowest BCUT2D eigenvalue weighted by Gasteiger charge is -2.22. The highest BCUT2D eigenvalue weighted by atomic mass is 32.2. The van der Waals surface area contributed by atoms with E-state index in [1.54, 1.807) is 20.3 Å². The van der Waals surface area contributed by atoms with Crippen molar-refractivity contribution in [2.75, 3.05) is 21.3 Å². The van der Waals surface area contributed by atoms with E-state index in [1.807, 2.05) is 25.1 Å². The predicted molar refractivity (Wildman–Crippen MR) is 142 cm³/mol. The summed E-state index contributed by atoms with van der Waals surface area (Å²) in [5.41, 5.74) is 4.00. The van der Waals surface area contributed by atoms with Crippen molar-refractivity contribution in [3.63, 3.8) is 0 Å². The number of hydrogen-bond acceptors (Lipinski definition) is 6. The molecule has 0 heterocycles. The van der Waals surface area contributed by atoms with Gasteiger partial charge in [-0.3, -0.25) is 0 Å². The lowest BCUT2D eigenvalue weighted by atomic mass is 9.86. The summed E-state index contributed by atoms with van der Waals surface area (Å²) in [4.78, 5) is -0.259. The van der Waals surface area contributed by atoms with E-state index in [1.165, 1.54) is 30.9 Å². The Labute approximate surface area is 219 Å². The summed E-state index contributed by atoms with van der Waals surface area (Å²) in [5.74, 6) is 1.21. The summed E-state index contributed by atoms with van der Waals surface area (Å²) < 4.78 is 61.9. The zero-order chi connectivity index (χ0) is 27.2. The first kappa shape index (κ1) is 28.3. The van der Waals surface area contributed by atoms with Crippen LogP contribution in [0.4, 0.5) is 4.39 Å². The number of ether oxygens (including phenoxy) is 3. The van der Waals surface area contributed by atoms with Crippen molar-refractivity contribution in [2.24, 2.45) is 0 Å². The van der Waals surface area contributed by atoms with Crippen molar-refractivity contribution < 1.29 is 31.2 Å². The number of methoxy groups -OCH3 is 3. The Bertz CT molecular complexity index is 1340. The standard InChI is InChI=1S/C29H35FO6S/c1-7-10-20-16-27(34-5)28(35-6)18-25(20)19(3)15-21-13-14-26(33-4)29(24(21)8-2)36-37(31,32)23-12-9-11-22(30)17-23/h9,11-14,16-19H,7-8,10,15H2,1-6H3. The molecule has 3 aromatic rings. The summed E-state index contributed by atoms with van der Waals surface area (Å²) in [5, 5.41) is 0. The predicted octanol–water partition coefficient (Wildman–Crippen LogP) is 6.48. The van der Waals surface area contributed by atoms with Crippen LogP contribution in [0.3, 0.4) is 0 Å². The van der Waals surface area contributed by atoms with Gasteiger partial charge in [0.1, 0.15) is 10.7 Å². The minimum Gasteiger partial charge on any atom is -0.493 e. The smallest absolute Gasteiger partial charge is 0.339 e. The molecule has 0 amide bonds. The second-order valence-corrected chi connectivity index (χ2v) is 10.4. The van der Waals surface area contributed by atoms with Crippen molar-refractivity contribution in [1.29, 1.82) is 0 Å². The third kappa shape index (κ3) is 6.36. The van der Waals surface area contributed by atoms with Crippen LogP contribution in [0.5, 0.6) is 23.0 Å². The topological polar surface area (TPSA) is 71.1 Å². The van der Waals surface area contributed by atoms with Crippen LogP contribution in [0.25, 0.3) is 0 Å². The van der Waals surface area contributed by atoms with Gasteiger partial charge in [-0.05, 0) is 78.3 Å². The van der Waals surface area contributed by atoms with Gasteiger partial charge in [0.15, 0.2) is 23.0 Å². The molecular weight excluding hydrogens is 495 g/mol. The van der Waals surface area contributed by atoms with Crippen molar-refractivity contribution >= 4 is 10.1 Å². The van der Waals surface area contributed by atoms with Gasteiger partial charge in [-0.15, -0.1) is 0 Å². The van der Waals surface area contributed by atoms with Gasteiger partial charge < -0.3 is 18.4 Å². The average molecular weight is 531 g/mol. The van der Waals surface area contributed by atoms with E-state index in [4.69, 9.17) is 18.4 Å². The van der Waals surface area contributed by atoms with Crippen LogP contribution in [-0.2, 0) is 29.4 Å². The molecule has 3 aromatic carbocycles. The lowest BCUT2D eigenvalue weighted by Crippen LogP contribution is -2.13. The van der Waals surface area contributed by atoms with E-state index in [0.717, 1.165) is 35.6 Å². The van der Waals surface area contributed by atoms with Crippen LogP contribution in [0, 0.1) is 5.82 Å². The molecular formula is C29H35FO6S. The maximum atomic E-state index is 13.7. The van der Waals surface area contributed by atoms with Gasteiger partial charge in [-0.25, -0.2) is 4.39 Å². The van der Waals surface area contributed by atoms with Gasteiger partial charge in [0.25, 0.3) is 0 Å². The molecule has 0 bridgehead atoms. The van der Waals surface area contributed by atoms with Gasteiger partial charge in [-0.2, -0.15) is 8.42 Å². The average Bonchev–Trinajstić information content (AvgIpc) is 2.88. The minimum absolute atomic E-state index is 0.0905. The Kier molecular flexibility index (Phi) is 9.43. The highest BCUT2D eigenvalue weighted by Gasteiger charge is 2.25. The van der Waals surface area contributed by atoms with Crippen molar-refractivity contribution in [2.45, 2.75) is 57.3 Å². The van der Waals surface area contributed by atoms with E-state index in [2.05, 4.69) is 13.8 Å². The first-order chi connectivity index (χ1) is 17.7. The zero-order valence-corrected chi connectivity index (χ0v) is 23.1. The fourth-order valence-electron chi connectivity index (χ4n) is 4.58. The molecule has 8 heteroatoms. The molecule has 0 radical (unpaired) electrons. The Morgan fingerprint density at radius 2 is 1.54 bits per heavy atom. The first-order valence-corrected chi connectivity index (χ1v) is 13.7. The maximum absolute atomic E-state index is 13.7. The SMILES string of the molecule is CCCc1cc(OC)c(OC)cc1C(C)Cc1ccc(OC)c(OS(=O)(=O)c2cccc(F)c2)c1CC. The van der Waals surface area contributed by atoms with Crippen LogP contribution < -0.4 is 18.4 Å². The number of aryl methyl sites for hydroxylation is 1. The molecule has 0 N–H and O–H groups in total. The molecule has 1 atom stereocenters. The van der Waals surface area contributed by atoms with E-state index in [-0.39, 0.29) is 16.6 Å². The quantitative estimate of drug-likeness (QED) is 0.250. The van der Waals surface area contributed by atoms with Crippen molar-refractivity contribution in [3.8, 4) is 23.0 Å². The third-order valence-electron chi connectivity index (χ3n) is 6.39. The monoisotopic (exact) mass is 530 g/mol. The van der Waals surface area contributed by atoms with Gasteiger partial charge >= 0.3 is 10.1 Å². The molecule has 0 aliphatic rings. The summed E-state index contributed by atoms with van der Waals surface area (Å²) >= 11 is 0. The van der Waals surface area contributed by atoms with Gasteiger partial charge in [0.2, 0.25) is 0 Å². The van der Waals surface area contributed by atoms with E-state index >= 15 is 0 Å². The molecule has 0 saturated carbocycles. The van der Waals surface area contributed by atoms with Crippen LogP contribution in [0.1, 0.15) is 55.4 Å². The van der Waals surface area contributed by atoms with Crippen molar-refractivity contribution in [1.82, 2.24) is 0 Å². The fourth-order valence-corrected chi connectivity index (χ4v) is 5.58. The molecule has 1 unspecified atom stereocenters. The van der Waals surface area contributed by atoms with E-state index < -0.39 is 15.9 Å². The first-order valence-electron chi connectivity index (χ1n) is 12.3. The molecule has 200 valence electrons. The number of rotatable bonds is 12. The lowest BCUT2D eigenvalue weighted by molar-refractivity contribution is 0.353. The molecule has 37 heavy (non-hydrogen) atoms. The summed E-state index contributed by atoms with van der Waals surface area (Å²) in [7, 11) is 0.422. The second kappa shape index (κ2) is 12.3. The zero-order valence-electron chi connectivity index (χ0n) is 22.3. The van der Waals surface area contributed by atoms with Crippen LogP contribution in [-0.4, -0.2) is 29.7 Å². The van der Waals surface area contributed by atoms with E-state index in [0.29, 0.717) is 30.1 Å². The minimum atomic E-state index is -4.28. The van der Waals surface area contributed by atoms with Gasteiger partial charge in [-0.1, -0.05) is 39.3 Å². The molecule has 3 rings (SSSR count). The molecule has 0 aliphatic carbocycles. The molecule has 0 aromatic heterocycles.